The molecule has 10 heavy (non-hydrogen) atoms. The van der Waals surface area contributed by atoms with Gasteiger partial charge in [0.25, 0.3) is 5.91 Å². The average Bonchev–Trinajstić information content (AvgIpc) is 1.86. The van der Waals surface area contributed by atoms with Crippen LogP contribution in [0.3, 0.4) is 0 Å². The van der Waals surface area contributed by atoms with Crippen molar-refractivity contribution in [3.05, 3.63) is 18.2 Å². The molecular formula is C7H11N2O. The second-order valence-electron chi connectivity index (χ2n) is 2.16. The van der Waals surface area contributed by atoms with Crippen LogP contribution >= 0.6 is 0 Å². The van der Waals surface area contributed by atoms with Crippen LogP contribution in [-0.2, 0) is 4.79 Å². The van der Waals surface area contributed by atoms with E-state index in [-0.39, 0.29) is 11.9 Å². The van der Waals surface area contributed by atoms with E-state index in [4.69, 9.17) is 0 Å². The van der Waals surface area contributed by atoms with Crippen LogP contribution in [0.2, 0.25) is 0 Å². The Morgan fingerprint density at radius 1 is 1.90 bits per heavy atom. The van der Waals surface area contributed by atoms with E-state index in [0.29, 0.717) is 0 Å². The lowest BCUT2D eigenvalue weighted by Crippen LogP contribution is -2.43. The molecule has 0 aliphatic carbocycles. The smallest absolute Gasteiger partial charge is 0.250 e. The molecule has 1 aliphatic rings. The van der Waals surface area contributed by atoms with E-state index < -0.39 is 0 Å². The monoisotopic (exact) mass is 139 g/mol. The first kappa shape index (κ1) is 7.12. The van der Waals surface area contributed by atoms with E-state index in [9.17, 15) is 4.79 Å². The molecule has 1 unspecified atom stereocenters. The molecule has 0 aromatic heterocycles. The highest BCUT2D eigenvalue weighted by atomic mass is 16.1. The van der Waals surface area contributed by atoms with Gasteiger partial charge >= 0.3 is 0 Å². The number of hydrogen-bond acceptors (Lipinski definition) is 2. The highest BCUT2D eigenvalue weighted by molar-refractivity contribution is 5.96. The number of likely N-dealkylation sites (N-methyl/N-ethyl adjacent to an activating group) is 1. The second-order valence-corrected chi connectivity index (χ2v) is 2.16. The van der Waals surface area contributed by atoms with E-state index in [1.807, 2.05) is 13.3 Å². The Morgan fingerprint density at radius 2 is 2.60 bits per heavy atom. The van der Waals surface area contributed by atoms with E-state index in [0.717, 1.165) is 5.57 Å². The van der Waals surface area contributed by atoms with Gasteiger partial charge in [-0.1, -0.05) is 6.92 Å². The van der Waals surface area contributed by atoms with Crippen molar-refractivity contribution in [3.8, 4) is 0 Å². The van der Waals surface area contributed by atoms with Crippen LogP contribution in [0, 0.1) is 6.42 Å². The van der Waals surface area contributed by atoms with E-state index in [1.165, 1.54) is 0 Å². The summed E-state index contributed by atoms with van der Waals surface area (Å²) in [6, 6.07) is 0.153. The Kier molecular flexibility index (Phi) is 1.94. The SMILES string of the molecule is C[CH]C1NC=C1C(=O)NC. The number of rotatable bonds is 2. The minimum Gasteiger partial charge on any atom is -0.383 e. The maximum absolute atomic E-state index is 10.9. The normalized spacial score (nSPS) is 22.2. The van der Waals surface area contributed by atoms with Crippen LogP contribution < -0.4 is 10.6 Å². The predicted molar refractivity (Wildman–Crippen MR) is 39.0 cm³/mol. The van der Waals surface area contributed by atoms with Crippen LogP contribution in [-0.4, -0.2) is 19.0 Å². The molecule has 3 heteroatoms. The maximum atomic E-state index is 10.9. The molecule has 1 amide bonds. The number of carbonyl (C=O) groups is 1. The molecule has 1 radical (unpaired) electrons. The summed E-state index contributed by atoms with van der Waals surface area (Å²) >= 11 is 0. The molecular weight excluding hydrogens is 128 g/mol. The zero-order valence-corrected chi connectivity index (χ0v) is 6.14. The van der Waals surface area contributed by atoms with Gasteiger partial charge in [-0.15, -0.1) is 0 Å². The first-order valence-electron chi connectivity index (χ1n) is 3.27. The van der Waals surface area contributed by atoms with E-state index >= 15 is 0 Å². The average molecular weight is 139 g/mol. The Bertz CT molecular complexity index is 174. The van der Waals surface area contributed by atoms with Crippen molar-refractivity contribution in [1.82, 2.24) is 10.6 Å². The standard InChI is InChI=1S/C7H11N2O/c1-3-6-5(4-9-6)7(10)8-2/h3-4,6,9H,1-2H3,(H,8,10). The molecule has 0 aromatic rings. The van der Waals surface area contributed by atoms with E-state index in [2.05, 4.69) is 10.6 Å². The molecule has 1 heterocycles. The molecule has 0 saturated carbocycles. The molecule has 0 saturated heterocycles. The zero-order chi connectivity index (χ0) is 7.56. The van der Waals surface area contributed by atoms with Gasteiger partial charge in [-0.3, -0.25) is 4.79 Å². The molecule has 0 aromatic carbocycles. The lowest BCUT2D eigenvalue weighted by atomic mass is 10.00. The van der Waals surface area contributed by atoms with Gasteiger partial charge in [0.15, 0.2) is 0 Å². The maximum Gasteiger partial charge on any atom is 0.250 e. The third-order valence-corrected chi connectivity index (χ3v) is 1.58. The van der Waals surface area contributed by atoms with Gasteiger partial charge in [0, 0.05) is 13.2 Å². The molecule has 0 bridgehead atoms. The van der Waals surface area contributed by atoms with Gasteiger partial charge in [0.2, 0.25) is 0 Å². The van der Waals surface area contributed by atoms with Crippen molar-refractivity contribution >= 4 is 5.91 Å². The number of hydrogen-bond donors (Lipinski definition) is 2. The summed E-state index contributed by atoms with van der Waals surface area (Å²) in [6.07, 6.45) is 3.67. The second kappa shape index (κ2) is 2.73. The molecule has 1 aliphatic heterocycles. The van der Waals surface area contributed by atoms with Crippen LogP contribution in [0.4, 0.5) is 0 Å². The third kappa shape index (κ3) is 0.988. The highest BCUT2D eigenvalue weighted by Gasteiger charge is 2.23. The largest absolute Gasteiger partial charge is 0.383 e. The summed E-state index contributed by atoms with van der Waals surface area (Å²) in [7, 11) is 1.63. The van der Waals surface area contributed by atoms with Gasteiger partial charge in [-0.2, -0.15) is 0 Å². The van der Waals surface area contributed by atoms with Gasteiger partial charge in [-0.05, 0) is 6.42 Å². The topological polar surface area (TPSA) is 41.1 Å². The quantitative estimate of drug-likeness (QED) is 0.557. The zero-order valence-electron chi connectivity index (χ0n) is 6.14. The molecule has 55 valence electrons. The summed E-state index contributed by atoms with van der Waals surface area (Å²) in [6.45, 7) is 1.92. The van der Waals surface area contributed by atoms with Crippen LogP contribution in [0.1, 0.15) is 6.92 Å². The van der Waals surface area contributed by atoms with Crippen molar-refractivity contribution in [2.45, 2.75) is 13.0 Å². The minimum absolute atomic E-state index is 0.00171. The molecule has 1 atom stereocenters. The summed E-state index contributed by atoms with van der Waals surface area (Å²) in [5, 5.41) is 5.55. The summed E-state index contributed by atoms with van der Waals surface area (Å²) in [5.41, 5.74) is 0.810. The third-order valence-electron chi connectivity index (χ3n) is 1.58. The minimum atomic E-state index is 0.00171. The van der Waals surface area contributed by atoms with Gasteiger partial charge in [0.05, 0.1) is 11.6 Å². The fraction of sp³-hybridized carbons (Fsp3) is 0.429. The highest BCUT2D eigenvalue weighted by Crippen LogP contribution is 2.12. The predicted octanol–water partition coefficient (Wildman–Crippen LogP) is -0.188. The van der Waals surface area contributed by atoms with Crippen molar-refractivity contribution in [1.29, 1.82) is 0 Å². The molecule has 0 spiro atoms. The Hall–Kier alpha value is -0.990. The summed E-state index contributed by atoms with van der Waals surface area (Å²) in [4.78, 5) is 10.9. The Morgan fingerprint density at radius 3 is 2.90 bits per heavy atom. The van der Waals surface area contributed by atoms with Crippen molar-refractivity contribution in [3.63, 3.8) is 0 Å². The number of nitrogens with one attached hydrogen (secondary N) is 2. The summed E-state index contributed by atoms with van der Waals surface area (Å²) in [5.74, 6) is 0.00171. The van der Waals surface area contributed by atoms with Crippen LogP contribution in [0.5, 0.6) is 0 Å². The van der Waals surface area contributed by atoms with Crippen LogP contribution in [0.15, 0.2) is 11.8 Å². The molecule has 3 nitrogen and oxygen atoms in total. The summed E-state index contributed by atoms with van der Waals surface area (Å²) < 4.78 is 0. The van der Waals surface area contributed by atoms with Gasteiger partial charge in [-0.25, -0.2) is 0 Å². The lowest BCUT2D eigenvalue weighted by molar-refractivity contribution is -0.117. The van der Waals surface area contributed by atoms with Crippen molar-refractivity contribution in [2.75, 3.05) is 7.05 Å². The molecule has 2 N–H and O–H groups in total. The van der Waals surface area contributed by atoms with Crippen molar-refractivity contribution in [2.24, 2.45) is 0 Å². The number of amides is 1. The Labute approximate surface area is 60.5 Å². The van der Waals surface area contributed by atoms with Crippen LogP contribution in [0.25, 0.3) is 0 Å². The van der Waals surface area contributed by atoms with Gasteiger partial charge < -0.3 is 10.6 Å². The first-order valence-corrected chi connectivity index (χ1v) is 3.27. The molecule has 1 rings (SSSR count). The molecule has 0 fully saturated rings. The fourth-order valence-corrected chi connectivity index (χ4v) is 0.890. The lowest BCUT2D eigenvalue weighted by Gasteiger charge is -2.26. The van der Waals surface area contributed by atoms with E-state index in [1.54, 1.807) is 13.2 Å². The van der Waals surface area contributed by atoms with Gasteiger partial charge in [0.1, 0.15) is 0 Å². The van der Waals surface area contributed by atoms with Crippen molar-refractivity contribution < 1.29 is 4.79 Å². The Balaban J connectivity index is 2.51. The fourth-order valence-electron chi connectivity index (χ4n) is 0.890. The first-order chi connectivity index (χ1) is 4.79. The number of carbonyl (C=O) groups excluding carboxylic acids is 1.